The van der Waals surface area contributed by atoms with E-state index >= 15 is 0 Å². The Morgan fingerprint density at radius 2 is 2.16 bits per heavy atom. The van der Waals surface area contributed by atoms with Crippen molar-refractivity contribution in [3.63, 3.8) is 0 Å². The van der Waals surface area contributed by atoms with E-state index < -0.39 is 0 Å². The van der Waals surface area contributed by atoms with Crippen LogP contribution in [-0.4, -0.2) is 23.0 Å². The molecule has 3 nitrogen and oxygen atoms in total. The maximum Gasteiger partial charge on any atom is 0.128 e. The lowest BCUT2D eigenvalue weighted by Gasteiger charge is -2.31. The van der Waals surface area contributed by atoms with Crippen LogP contribution in [-0.2, 0) is 6.54 Å². The Bertz CT molecular complexity index is 513. The van der Waals surface area contributed by atoms with Crippen LogP contribution in [0.4, 0.5) is 4.39 Å². The number of nitrogens with zero attached hydrogens (tertiary/aromatic N) is 2. The topological polar surface area (TPSA) is 42.1 Å². The van der Waals surface area contributed by atoms with Crippen LogP contribution in [0, 0.1) is 5.82 Å². The van der Waals surface area contributed by atoms with Crippen molar-refractivity contribution in [1.82, 2.24) is 9.88 Å². The predicted molar refractivity (Wildman–Crippen MR) is 76.4 cm³/mol. The highest BCUT2D eigenvalue weighted by Gasteiger charge is 2.24. The first-order chi connectivity index (χ1) is 9.09. The van der Waals surface area contributed by atoms with Gasteiger partial charge in [0.1, 0.15) is 5.82 Å². The maximum absolute atomic E-state index is 13.9. The first kappa shape index (κ1) is 14.1. The Hall–Kier alpha value is -1.30. The number of aromatic nitrogens is 1. The molecule has 2 atom stereocenters. The molecule has 0 fully saturated rings. The smallest absolute Gasteiger partial charge is 0.128 e. The third-order valence-corrected chi connectivity index (χ3v) is 3.73. The number of hydrogen-bond donors (Lipinski definition) is 1. The zero-order chi connectivity index (χ0) is 13.8. The molecule has 0 aliphatic carbocycles. The predicted octanol–water partition coefficient (Wildman–Crippen LogP) is 2.80. The van der Waals surface area contributed by atoms with Crippen LogP contribution in [0.5, 0.6) is 0 Å². The summed E-state index contributed by atoms with van der Waals surface area (Å²) in [6, 6.07) is 6.47. The van der Waals surface area contributed by atoms with E-state index in [9.17, 15) is 4.39 Å². The molecule has 19 heavy (non-hydrogen) atoms. The van der Waals surface area contributed by atoms with Crippen molar-refractivity contribution in [3.05, 3.63) is 52.2 Å². The van der Waals surface area contributed by atoms with Crippen molar-refractivity contribution in [2.45, 2.75) is 25.6 Å². The minimum Gasteiger partial charge on any atom is -0.326 e. The van der Waals surface area contributed by atoms with Crippen molar-refractivity contribution in [3.8, 4) is 0 Å². The Morgan fingerprint density at radius 3 is 2.74 bits per heavy atom. The molecule has 0 radical (unpaired) electrons. The molecule has 1 heterocycles. The largest absolute Gasteiger partial charge is 0.326 e. The molecule has 0 amide bonds. The number of rotatable bonds is 5. The molecule has 0 spiro atoms. The van der Waals surface area contributed by atoms with Crippen LogP contribution in [0.2, 0.25) is 0 Å². The van der Waals surface area contributed by atoms with Crippen molar-refractivity contribution >= 4 is 11.3 Å². The third kappa shape index (κ3) is 3.37. The standard InChI is InChI=1S/C14H18FN3S/c1-10(16)14(12-5-3-4-6-13(12)15)18(2)7-11-8-19-9-17-11/h3-6,8-10,14H,7,16H2,1-2H3. The number of thiazole rings is 1. The minimum atomic E-state index is -0.213. The lowest BCUT2D eigenvalue weighted by molar-refractivity contribution is 0.204. The molecule has 0 saturated carbocycles. The highest BCUT2D eigenvalue weighted by molar-refractivity contribution is 7.07. The molecule has 2 unspecified atom stereocenters. The van der Waals surface area contributed by atoms with E-state index in [4.69, 9.17) is 5.73 Å². The van der Waals surface area contributed by atoms with E-state index in [0.717, 1.165) is 5.69 Å². The molecule has 1 aromatic heterocycles. The summed E-state index contributed by atoms with van der Waals surface area (Å²) >= 11 is 1.56. The van der Waals surface area contributed by atoms with Gasteiger partial charge in [-0.3, -0.25) is 4.90 Å². The fourth-order valence-electron chi connectivity index (χ4n) is 2.31. The fraction of sp³-hybridized carbons (Fsp3) is 0.357. The molecule has 2 aromatic rings. The number of nitrogens with two attached hydrogens (primary N) is 1. The second-order valence-corrected chi connectivity index (χ2v) is 5.44. The third-order valence-electron chi connectivity index (χ3n) is 3.09. The van der Waals surface area contributed by atoms with E-state index in [-0.39, 0.29) is 17.9 Å². The molecule has 0 aliphatic rings. The average molecular weight is 279 g/mol. The van der Waals surface area contributed by atoms with Gasteiger partial charge >= 0.3 is 0 Å². The van der Waals surface area contributed by atoms with Gasteiger partial charge in [0.25, 0.3) is 0 Å². The van der Waals surface area contributed by atoms with E-state index in [2.05, 4.69) is 4.98 Å². The number of likely N-dealkylation sites (N-methyl/N-ethyl adjacent to an activating group) is 1. The molecule has 1 aromatic carbocycles. The van der Waals surface area contributed by atoms with Gasteiger partial charge in [-0.05, 0) is 20.0 Å². The SMILES string of the molecule is CC(N)C(c1ccccc1F)N(C)Cc1cscn1. The summed E-state index contributed by atoms with van der Waals surface area (Å²) < 4.78 is 13.9. The summed E-state index contributed by atoms with van der Waals surface area (Å²) in [5.74, 6) is -0.213. The maximum atomic E-state index is 13.9. The van der Waals surface area contributed by atoms with Crippen LogP contribution < -0.4 is 5.73 Å². The summed E-state index contributed by atoms with van der Waals surface area (Å²) in [6.07, 6.45) is 0. The second-order valence-electron chi connectivity index (χ2n) is 4.72. The summed E-state index contributed by atoms with van der Waals surface area (Å²) in [6.45, 7) is 2.55. The Labute approximate surface area is 116 Å². The van der Waals surface area contributed by atoms with Gasteiger partial charge in [0, 0.05) is 23.5 Å². The Balaban J connectivity index is 2.23. The number of halogens is 1. The molecule has 2 rings (SSSR count). The van der Waals surface area contributed by atoms with E-state index in [1.54, 1.807) is 29.0 Å². The van der Waals surface area contributed by atoms with Gasteiger partial charge in [-0.1, -0.05) is 18.2 Å². The molecular formula is C14H18FN3S. The van der Waals surface area contributed by atoms with Crippen LogP contribution in [0.1, 0.15) is 24.2 Å². The molecule has 0 saturated heterocycles. The van der Waals surface area contributed by atoms with Crippen LogP contribution in [0.15, 0.2) is 35.2 Å². The van der Waals surface area contributed by atoms with Crippen LogP contribution in [0.25, 0.3) is 0 Å². The van der Waals surface area contributed by atoms with Gasteiger partial charge in [-0.15, -0.1) is 11.3 Å². The van der Waals surface area contributed by atoms with Gasteiger partial charge in [0.05, 0.1) is 17.2 Å². The normalized spacial score (nSPS) is 14.6. The molecule has 5 heteroatoms. The Kier molecular flexibility index (Phi) is 4.63. The monoisotopic (exact) mass is 279 g/mol. The summed E-state index contributed by atoms with van der Waals surface area (Å²) in [4.78, 5) is 6.30. The van der Waals surface area contributed by atoms with Crippen LogP contribution in [0.3, 0.4) is 0 Å². The van der Waals surface area contributed by atoms with Crippen molar-refractivity contribution in [2.24, 2.45) is 5.73 Å². The lowest BCUT2D eigenvalue weighted by atomic mass is 9.99. The molecular weight excluding hydrogens is 261 g/mol. The number of hydrogen-bond acceptors (Lipinski definition) is 4. The van der Waals surface area contributed by atoms with E-state index in [1.165, 1.54) is 6.07 Å². The lowest BCUT2D eigenvalue weighted by Crippen LogP contribution is -2.37. The minimum absolute atomic E-state index is 0.164. The second kappa shape index (κ2) is 6.23. The van der Waals surface area contributed by atoms with Crippen molar-refractivity contribution < 1.29 is 4.39 Å². The highest BCUT2D eigenvalue weighted by atomic mass is 32.1. The van der Waals surface area contributed by atoms with E-state index in [0.29, 0.717) is 12.1 Å². The summed E-state index contributed by atoms with van der Waals surface area (Å²) in [5.41, 5.74) is 9.46. The van der Waals surface area contributed by atoms with Crippen LogP contribution >= 0.6 is 11.3 Å². The summed E-state index contributed by atoms with van der Waals surface area (Å²) in [7, 11) is 1.94. The molecule has 102 valence electrons. The van der Waals surface area contributed by atoms with Gasteiger partial charge in [0.15, 0.2) is 0 Å². The van der Waals surface area contributed by atoms with Gasteiger partial charge in [0.2, 0.25) is 0 Å². The highest BCUT2D eigenvalue weighted by Crippen LogP contribution is 2.26. The zero-order valence-corrected chi connectivity index (χ0v) is 11.9. The average Bonchev–Trinajstić information content (AvgIpc) is 2.84. The van der Waals surface area contributed by atoms with Crippen molar-refractivity contribution in [2.75, 3.05) is 7.05 Å². The quantitative estimate of drug-likeness (QED) is 0.915. The Morgan fingerprint density at radius 1 is 1.42 bits per heavy atom. The molecule has 2 N–H and O–H groups in total. The van der Waals surface area contributed by atoms with Gasteiger partial charge in [-0.2, -0.15) is 0 Å². The summed E-state index contributed by atoms with van der Waals surface area (Å²) in [5, 5.41) is 2.00. The van der Waals surface area contributed by atoms with E-state index in [1.807, 2.05) is 30.3 Å². The van der Waals surface area contributed by atoms with Gasteiger partial charge in [-0.25, -0.2) is 9.37 Å². The molecule has 0 bridgehead atoms. The van der Waals surface area contributed by atoms with Crippen molar-refractivity contribution in [1.29, 1.82) is 0 Å². The zero-order valence-electron chi connectivity index (χ0n) is 11.1. The van der Waals surface area contributed by atoms with Gasteiger partial charge < -0.3 is 5.73 Å². The fourth-order valence-corrected chi connectivity index (χ4v) is 2.86. The molecule has 0 aliphatic heterocycles. The first-order valence-corrected chi connectivity index (χ1v) is 7.11. The first-order valence-electron chi connectivity index (χ1n) is 6.17. The number of benzene rings is 1.